The minimum atomic E-state index is -4.59. The Morgan fingerprint density at radius 3 is 2.65 bits per heavy atom. The number of alkyl halides is 3. The molecule has 138 valence electrons. The van der Waals surface area contributed by atoms with Crippen molar-refractivity contribution in [3.63, 3.8) is 0 Å². The van der Waals surface area contributed by atoms with Gasteiger partial charge in [0, 0.05) is 24.1 Å². The average molecular weight is 387 g/mol. The van der Waals surface area contributed by atoms with Crippen molar-refractivity contribution < 1.29 is 27.6 Å². The molecule has 1 aromatic carbocycles. The zero-order valence-corrected chi connectivity index (χ0v) is 14.1. The molecular formula is C17H14ClF3N2O3. The van der Waals surface area contributed by atoms with E-state index in [1.54, 1.807) is 0 Å². The molecule has 26 heavy (non-hydrogen) atoms. The largest absolute Gasteiger partial charge is 0.416 e. The Morgan fingerprint density at radius 1 is 1.23 bits per heavy atom. The number of benzene rings is 1. The Hall–Kier alpha value is -2.35. The summed E-state index contributed by atoms with van der Waals surface area (Å²) in [7, 11) is 0. The topological polar surface area (TPSA) is 75.3 Å². The van der Waals surface area contributed by atoms with Gasteiger partial charge in [-0.15, -0.1) is 0 Å². The normalized spacial score (nSPS) is 20.5. The van der Waals surface area contributed by atoms with E-state index in [0.717, 1.165) is 18.2 Å². The fourth-order valence-corrected chi connectivity index (χ4v) is 3.31. The van der Waals surface area contributed by atoms with E-state index in [1.165, 1.54) is 0 Å². The highest BCUT2D eigenvalue weighted by Gasteiger charge is 2.38. The molecule has 0 saturated heterocycles. The molecule has 1 aliphatic carbocycles. The van der Waals surface area contributed by atoms with Crippen molar-refractivity contribution >= 4 is 34.9 Å². The summed E-state index contributed by atoms with van der Waals surface area (Å²) in [4.78, 5) is 36.6. The quantitative estimate of drug-likeness (QED) is 0.817. The van der Waals surface area contributed by atoms with Gasteiger partial charge in [0.15, 0.2) is 5.78 Å². The standard InChI is InChI=1S/C17H14ClF3N2O3/c18-10-5-4-8(17(19,20)21)6-12(10)23-16(26)9-7-14(25)22-11-2-1-3-13(24)15(9)11/h4-6,9H,1-3,7H2,(H,22,25)(H,23,26). The molecule has 2 N–H and O–H groups in total. The lowest BCUT2D eigenvalue weighted by molar-refractivity contribution is -0.137. The van der Waals surface area contributed by atoms with Gasteiger partial charge in [-0.1, -0.05) is 11.6 Å². The van der Waals surface area contributed by atoms with Crippen molar-refractivity contribution in [3.05, 3.63) is 40.1 Å². The van der Waals surface area contributed by atoms with Gasteiger partial charge in [-0.2, -0.15) is 13.2 Å². The molecule has 5 nitrogen and oxygen atoms in total. The molecule has 0 bridgehead atoms. The van der Waals surface area contributed by atoms with E-state index < -0.39 is 29.5 Å². The third-order valence-electron chi connectivity index (χ3n) is 4.35. The average Bonchev–Trinajstić information content (AvgIpc) is 2.55. The first kappa shape index (κ1) is 18.4. The molecule has 0 spiro atoms. The van der Waals surface area contributed by atoms with Crippen LogP contribution in [0.15, 0.2) is 29.5 Å². The first-order valence-electron chi connectivity index (χ1n) is 7.90. The van der Waals surface area contributed by atoms with E-state index in [2.05, 4.69) is 10.6 Å². The first-order valence-corrected chi connectivity index (χ1v) is 8.28. The van der Waals surface area contributed by atoms with Crippen molar-refractivity contribution in [3.8, 4) is 0 Å². The highest BCUT2D eigenvalue weighted by Crippen LogP contribution is 2.36. The number of amides is 2. The van der Waals surface area contributed by atoms with Gasteiger partial charge >= 0.3 is 6.18 Å². The van der Waals surface area contributed by atoms with Crippen LogP contribution in [0.4, 0.5) is 18.9 Å². The van der Waals surface area contributed by atoms with E-state index in [4.69, 9.17) is 11.6 Å². The fourth-order valence-electron chi connectivity index (χ4n) is 3.15. The van der Waals surface area contributed by atoms with Crippen LogP contribution in [0.3, 0.4) is 0 Å². The predicted octanol–water partition coefficient (Wildman–Crippen LogP) is 3.44. The molecular weight excluding hydrogens is 373 g/mol. The molecule has 0 saturated carbocycles. The van der Waals surface area contributed by atoms with Crippen LogP contribution >= 0.6 is 11.6 Å². The Bertz CT molecular complexity index is 833. The predicted molar refractivity (Wildman–Crippen MR) is 87.2 cm³/mol. The van der Waals surface area contributed by atoms with Crippen LogP contribution in [0.1, 0.15) is 31.2 Å². The van der Waals surface area contributed by atoms with E-state index >= 15 is 0 Å². The molecule has 0 radical (unpaired) electrons. The van der Waals surface area contributed by atoms with Crippen LogP contribution in [0.5, 0.6) is 0 Å². The number of Topliss-reactive ketones (excluding diaryl/α,β-unsaturated/α-hetero) is 1. The zero-order chi connectivity index (χ0) is 19.1. The van der Waals surface area contributed by atoms with Crippen LogP contribution in [-0.4, -0.2) is 17.6 Å². The smallest absolute Gasteiger partial charge is 0.329 e. The van der Waals surface area contributed by atoms with E-state index in [0.29, 0.717) is 18.5 Å². The summed E-state index contributed by atoms with van der Waals surface area (Å²) in [5.41, 5.74) is -0.528. The molecule has 2 aliphatic rings. The van der Waals surface area contributed by atoms with Crippen molar-refractivity contribution in [2.24, 2.45) is 5.92 Å². The van der Waals surface area contributed by atoms with E-state index in [1.807, 2.05) is 0 Å². The highest BCUT2D eigenvalue weighted by molar-refractivity contribution is 6.33. The third-order valence-corrected chi connectivity index (χ3v) is 4.68. The molecule has 2 amide bonds. The van der Waals surface area contributed by atoms with Gasteiger partial charge < -0.3 is 10.6 Å². The maximum Gasteiger partial charge on any atom is 0.416 e. The number of ketones is 1. The van der Waals surface area contributed by atoms with Crippen LogP contribution in [-0.2, 0) is 20.6 Å². The lowest BCUT2D eigenvalue weighted by atomic mass is 9.81. The monoisotopic (exact) mass is 386 g/mol. The number of anilines is 1. The molecule has 0 aromatic heterocycles. The number of allylic oxidation sites excluding steroid dienone is 1. The highest BCUT2D eigenvalue weighted by atomic mass is 35.5. The first-order chi connectivity index (χ1) is 12.2. The number of carbonyl (C=O) groups is 3. The minimum Gasteiger partial charge on any atom is -0.329 e. The van der Waals surface area contributed by atoms with Crippen molar-refractivity contribution in [1.82, 2.24) is 5.32 Å². The number of hydrogen-bond acceptors (Lipinski definition) is 3. The lowest BCUT2D eigenvalue weighted by Crippen LogP contribution is -2.41. The van der Waals surface area contributed by atoms with Crippen LogP contribution in [0.25, 0.3) is 0 Å². The summed E-state index contributed by atoms with van der Waals surface area (Å²) < 4.78 is 38.6. The summed E-state index contributed by atoms with van der Waals surface area (Å²) in [6, 6.07) is 2.56. The fraction of sp³-hybridized carbons (Fsp3) is 0.353. The van der Waals surface area contributed by atoms with Crippen LogP contribution < -0.4 is 10.6 Å². The van der Waals surface area contributed by atoms with Gasteiger partial charge in [-0.05, 0) is 31.0 Å². The molecule has 1 heterocycles. The number of carbonyl (C=O) groups excluding carboxylic acids is 3. The second-order valence-electron chi connectivity index (χ2n) is 6.16. The summed E-state index contributed by atoms with van der Waals surface area (Å²) in [6.45, 7) is 0. The Morgan fingerprint density at radius 2 is 1.96 bits per heavy atom. The third kappa shape index (κ3) is 3.60. The van der Waals surface area contributed by atoms with Gasteiger partial charge in [-0.25, -0.2) is 0 Å². The Kier molecular flexibility index (Phi) is 4.79. The lowest BCUT2D eigenvalue weighted by Gasteiger charge is -2.30. The van der Waals surface area contributed by atoms with Gasteiger partial charge in [-0.3, -0.25) is 14.4 Å². The molecule has 0 fully saturated rings. The SMILES string of the molecule is O=C1CC(C(=O)Nc2cc(C(F)(F)F)ccc2Cl)C2=C(CCCC2=O)N1. The Labute approximate surface area is 151 Å². The number of nitrogens with one attached hydrogen (secondary N) is 2. The van der Waals surface area contributed by atoms with Crippen molar-refractivity contribution in [2.75, 3.05) is 5.32 Å². The van der Waals surface area contributed by atoms with Gasteiger partial charge in [0.2, 0.25) is 11.8 Å². The summed E-state index contributed by atoms with van der Waals surface area (Å²) in [6.07, 6.45) is -3.52. The molecule has 1 unspecified atom stereocenters. The minimum absolute atomic E-state index is 0.0733. The number of halogens is 4. The second kappa shape index (κ2) is 6.75. The molecule has 9 heteroatoms. The van der Waals surface area contributed by atoms with Gasteiger partial charge in [0.1, 0.15) is 0 Å². The summed E-state index contributed by atoms with van der Waals surface area (Å²) in [5, 5.41) is 4.86. The van der Waals surface area contributed by atoms with Crippen molar-refractivity contribution in [2.45, 2.75) is 31.9 Å². The molecule has 3 rings (SSSR count). The van der Waals surface area contributed by atoms with E-state index in [-0.39, 0.29) is 34.9 Å². The van der Waals surface area contributed by atoms with Gasteiger partial charge in [0.05, 0.1) is 22.2 Å². The summed E-state index contributed by atoms with van der Waals surface area (Å²) in [5.74, 6) is -2.42. The van der Waals surface area contributed by atoms with Crippen LogP contribution in [0, 0.1) is 5.92 Å². The van der Waals surface area contributed by atoms with Crippen LogP contribution in [0.2, 0.25) is 5.02 Å². The maximum absolute atomic E-state index is 12.9. The maximum atomic E-state index is 12.9. The Balaban J connectivity index is 1.90. The van der Waals surface area contributed by atoms with Gasteiger partial charge in [0.25, 0.3) is 0 Å². The van der Waals surface area contributed by atoms with E-state index in [9.17, 15) is 27.6 Å². The molecule has 1 aromatic rings. The molecule has 1 aliphatic heterocycles. The number of hydrogen-bond donors (Lipinski definition) is 2. The second-order valence-corrected chi connectivity index (χ2v) is 6.56. The van der Waals surface area contributed by atoms with Crippen molar-refractivity contribution in [1.29, 1.82) is 0 Å². The zero-order valence-electron chi connectivity index (χ0n) is 13.4. The number of rotatable bonds is 2. The molecule has 1 atom stereocenters. The summed E-state index contributed by atoms with van der Waals surface area (Å²) >= 11 is 5.88.